The van der Waals surface area contributed by atoms with Crippen molar-refractivity contribution in [3.05, 3.63) is 41.5 Å². The van der Waals surface area contributed by atoms with Gasteiger partial charge in [0.1, 0.15) is 0 Å². The first-order valence-corrected chi connectivity index (χ1v) is 17.0. The summed E-state index contributed by atoms with van der Waals surface area (Å²) in [5.41, 5.74) is 3.59. The molecule has 1 aromatic rings. The topological polar surface area (TPSA) is 43.4 Å². The van der Waals surface area contributed by atoms with E-state index in [4.69, 9.17) is 4.18 Å². The zero-order valence-electron chi connectivity index (χ0n) is 24.8. The Morgan fingerprint density at radius 2 is 1.61 bits per heavy atom. The SMILES string of the molecule is Cc1ccc(S(=O)(=O)O[C@@H]2CC[C@@]3(C)[C@@H](CC=C4[C@H]3CC[C@@]3(C)[C@@H]([C@H](C)CCCC(C)C)CC[C@@H]43)C2)cc1. The standard InChI is InChI=1S/C34H52O3S/c1-23(2)8-7-9-25(4)30-16-17-31-29-15-12-26-22-27(37-38(35,36)28-13-10-24(3)11-14-28)18-20-33(26,5)32(29)19-21-34(30,31)6/h10-11,13-15,23,25-27,30-32H,7-9,12,16-22H2,1-6H3/t25-,26+,27-,30-,31+,32-,33+,34+/m1/s1. The molecule has 0 heterocycles. The second kappa shape index (κ2) is 10.7. The second-order valence-corrected chi connectivity index (χ2v) is 16.1. The zero-order chi connectivity index (χ0) is 27.3. The van der Waals surface area contributed by atoms with Gasteiger partial charge in [-0.2, -0.15) is 8.42 Å². The smallest absolute Gasteiger partial charge is 0.263 e. The van der Waals surface area contributed by atoms with Crippen LogP contribution in [0.4, 0.5) is 0 Å². The monoisotopic (exact) mass is 540 g/mol. The minimum atomic E-state index is -3.72. The number of hydrogen-bond acceptors (Lipinski definition) is 3. The molecule has 5 rings (SSSR count). The minimum Gasteiger partial charge on any atom is -0.263 e. The molecule has 0 saturated heterocycles. The summed E-state index contributed by atoms with van der Waals surface area (Å²) in [6.45, 7) is 14.4. The lowest BCUT2D eigenvalue weighted by Crippen LogP contribution is -2.50. The van der Waals surface area contributed by atoms with Crippen LogP contribution < -0.4 is 0 Å². The first kappa shape index (κ1) is 28.4. The maximum atomic E-state index is 13.0. The van der Waals surface area contributed by atoms with E-state index in [0.717, 1.165) is 54.9 Å². The van der Waals surface area contributed by atoms with E-state index in [2.05, 4.69) is 40.7 Å². The number of aryl methyl sites for hydroxylation is 1. The van der Waals surface area contributed by atoms with E-state index in [9.17, 15) is 8.42 Å². The van der Waals surface area contributed by atoms with Crippen molar-refractivity contribution in [2.75, 3.05) is 0 Å². The van der Waals surface area contributed by atoms with Crippen molar-refractivity contribution in [1.29, 1.82) is 0 Å². The molecule has 4 aliphatic carbocycles. The maximum absolute atomic E-state index is 13.0. The van der Waals surface area contributed by atoms with Gasteiger partial charge >= 0.3 is 0 Å². The first-order chi connectivity index (χ1) is 17.9. The molecular weight excluding hydrogens is 488 g/mol. The van der Waals surface area contributed by atoms with Crippen molar-refractivity contribution >= 4 is 10.1 Å². The van der Waals surface area contributed by atoms with Crippen LogP contribution in [0.3, 0.4) is 0 Å². The fourth-order valence-corrected chi connectivity index (χ4v) is 10.6. The van der Waals surface area contributed by atoms with Crippen LogP contribution in [0.1, 0.15) is 111 Å². The van der Waals surface area contributed by atoms with E-state index in [1.54, 1.807) is 17.7 Å². The molecule has 212 valence electrons. The van der Waals surface area contributed by atoms with Gasteiger partial charge in [-0.3, -0.25) is 4.18 Å². The molecule has 4 aliphatic rings. The molecule has 0 N–H and O–H groups in total. The molecule has 4 heteroatoms. The average molecular weight is 541 g/mol. The summed E-state index contributed by atoms with van der Waals surface area (Å²) in [6, 6.07) is 7.04. The summed E-state index contributed by atoms with van der Waals surface area (Å²) in [5.74, 6) is 4.45. The Morgan fingerprint density at radius 3 is 2.32 bits per heavy atom. The molecule has 3 nitrogen and oxygen atoms in total. The summed E-state index contributed by atoms with van der Waals surface area (Å²) >= 11 is 0. The van der Waals surface area contributed by atoms with E-state index >= 15 is 0 Å². The van der Waals surface area contributed by atoms with Crippen LogP contribution in [0.2, 0.25) is 0 Å². The van der Waals surface area contributed by atoms with Gasteiger partial charge in [0.05, 0.1) is 11.0 Å². The van der Waals surface area contributed by atoms with Crippen molar-refractivity contribution in [3.63, 3.8) is 0 Å². The van der Waals surface area contributed by atoms with E-state index in [1.807, 2.05) is 19.1 Å². The van der Waals surface area contributed by atoms with Crippen molar-refractivity contribution in [2.24, 2.45) is 46.3 Å². The van der Waals surface area contributed by atoms with Gasteiger partial charge in [-0.05, 0) is 117 Å². The third-order valence-corrected chi connectivity index (χ3v) is 13.2. The third kappa shape index (κ3) is 5.18. The Hall–Kier alpha value is -1.13. The molecule has 3 saturated carbocycles. The highest BCUT2D eigenvalue weighted by Crippen LogP contribution is 2.67. The number of hydrogen-bond donors (Lipinski definition) is 0. The van der Waals surface area contributed by atoms with Gasteiger partial charge in [0.2, 0.25) is 0 Å². The van der Waals surface area contributed by atoms with Crippen LogP contribution in [0.5, 0.6) is 0 Å². The van der Waals surface area contributed by atoms with Crippen molar-refractivity contribution < 1.29 is 12.6 Å². The minimum absolute atomic E-state index is 0.203. The van der Waals surface area contributed by atoms with Gasteiger partial charge < -0.3 is 0 Å². The Labute approximate surface area is 233 Å². The molecule has 0 amide bonds. The van der Waals surface area contributed by atoms with Crippen LogP contribution in [-0.4, -0.2) is 14.5 Å². The van der Waals surface area contributed by atoms with Gasteiger partial charge in [-0.25, -0.2) is 0 Å². The van der Waals surface area contributed by atoms with E-state index < -0.39 is 10.1 Å². The molecule has 0 unspecified atom stereocenters. The van der Waals surface area contributed by atoms with Crippen LogP contribution in [-0.2, 0) is 14.3 Å². The predicted octanol–water partition coefficient (Wildman–Crippen LogP) is 9.11. The molecule has 1 aromatic carbocycles. The number of allylic oxidation sites excluding steroid dienone is 2. The molecule has 38 heavy (non-hydrogen) atoms. The van der Waals surface area contributed by atoms with Crippen LogP contribution >= 0.6 is 0 Å². The normalized spacial score (nSPS) is 37.8. The molecule has 3 fully saturated rings. The zero-order valence-corrected chi connectivity index (χ0v) is 25.7. The summed E-state index contributed by atoms with van der Waals surface area (Å²) in [7, 11) is -3.72. The molecule has 0 radical (unpaired) electrons. The fourth-order valence-electron chi connectivity index (χ4n) is 9.52. The van der Waals surface area contributed by atoms with Gasteiger partial charge in [-0.1, -0.05) is 83.2 Å². The quantitative estimate of drug-likeness (QED) is 0.244. The molecule has 0 aromatic heterocycles. The summed E-state index contributed by atoms with van der Waals surface area (Å²) in [6.07, 6.45) is 15.9. The predicted molar refractivity (Wildman–Crippen MR) is 156 cm³/mol. The number of benzene rings is 1. The first-order valence-electron chi connectivity index (χ1n) is 15.6. The molecule has 0 spiro atoms. The average Bonchev–Trinajstić information content (AvgIpc) is 3.21. The van der Waals surface area contributed by atoms with Gasteiger partial charge in [0.15, 0.2) is 0 Å². The second-order valence-electron chi connectivity index (χ2n) is 14.5. The molecule has 0 bridgehead atoms. The summed E-state index contributed by atoms with van der Waals surface area (Å²) in [5, 5.41) is 0. The van der Waals surface area contributed by atoms with Crippen molar-refractivity contribution in [1.82, 2.24) is 0 Å². The highest BCUT2D eigenvalue weighted by atomic mass is 32.2. The maximum Gasteiger partial charge on any atom is 0.297 e. The van der Waals surface area contributed by atoms with Crippen LogP contribution in [0.15, 0.2) is 40.8 Å². The Balaban J connectivity index is 1.27. The van der Waals surface area contributed by atoms with Gasteiger partial charge in [0.25, 0.3) is 10.1 Å². The van der Waals surface area contributed by atoms with Crippen molar-refractivity contribution in [2.45, 2.75) is 123 Å². The fraction of sp³-hybridized carbons (Fsp3) is 0.765. The highest BCUT2D eigenvalue weighted by molar-refractivity contribution is 7.86. The Bertz CT molecular complexity index is 1120. The Kier molecular flexibility index (Phi) is 7.99. The van der Waals surface area contributed by atoms with E-state index in [1.165, 1.54) is 44.9 Å². The lowest BCUT2D eigenvalue weighted by atomic mass is 9.47. The van der Waals surface area contributed by atoms with Crippen LogP contribution in [0.25, 0.3) is 0 Å². The van der Waals surface area contributed by atoms with Crippen LogP contribution in [0, 0.1) is 53.3 Å². The number of fused-ring (bicyclic) bond motifs is 5. The lowest BCUT2D eigenvalue weighted by Gasteiger charge is -2.58. The number of rotatable bonds is 8. The van der Waals surface area contributed by atoms with Gasteiger partial charge in [0, 0.05) is 0 Å². The Morgan fingerprint density at radius 1 is 0.921 bits per heavy atom. The molecule has 0 aliphatic heterocycles. The third-order valence-electron chi connectivity index (χ3n) is 11.8. The van der Waals surface area contributed by atoms with E-state index in [-0.39, 0.29) is 16.4 Å². The summed E-state index contributed by atoms with van der Waals surface area (Å²) < 4.78 is 31.8. The highest BCUT2D eigenvalue weighted by Gasteiger charge is 2.58. The lowest BCUT2D eigenvalue weighted by molar-refractivity contribution is -0.0355. The van der Waals surface area contributed by atoms with Crippen molar-refractivity contribution in [3.8, 4) is 0 Å². The largest absolute Gasteiger partial charge is 0.297 e. The van der Waals surface area contributed by atoms with E-state index in [0.29, 0.717) is 17.3 Å². The van der Waals surface area contributed by atoms with Gasteiger partial charge in [-0.15, -0.1) is 0 Å². The summed E-state index contributed by atoms with van der Waals surface area (Å²) in [4.78, 5) is 0.281. The molecular formula is C34H52O3S. The molecule has 8 atom stereocenters.